The van der Waals surface area contributed by atoms with Crippen LogP contribution in [0.1, 0.15) is 0 Å². The third kappa shape index (κ3) is 7.23. The first-order chi connectivity index (χ1) is 2.81. The predicted octanol–water partition coefficient (Wildman–Crippen LogP) is -0.418. The topological polar surface area (TPSA) is 38.7 Å². The van der Waals surface area contributed by atoms with Gasteiger partial charge in [-0.05, 0) is 0 Å². The van der Waals surface area contributed by atoms with Crippen molar-refractivity contribution in [2.24, 2.45) is 0 Å². The van der Waals surface area contributed by atoms with Crippen LogP contribution in [0.3, 0.4) is 0 Å². The fraction of sp³-hybridized carbons (Fsp3) is 1.00. The van der Waals surface area contributed by atoms with E-state index in [1.165, 1.54) is 14.2 Å². The van der Waals surface area contributed by atoms with E-state index in [1.807, 2.05) is 0 Å². The van der Waals surface area contributed by atoms with Crippen molar-refractivity contribution in [2.75, 3.05) is 14.2 Å². The van der Waals surface area contributed by atoms with Gasteiger partial charge in [0.2, 0.25) is 0 Å². The SMILES string of the molecule is COP(O)OC.[PbH2]. The van der Waals surface area contributed by atoms with Gasteiger partial charge < -0.3 is 13.9 Å². The van der Waals surface area contributed by atoms with Gasteiger partial charge in [0.05, 0.1) is 0 Å². The van der Waals surface area contributed by atoms with Crippen LogP contribution in [0.2, 0.25) is 0 Å². The molecule has 0 atom stereocenters. The van der Waals surface area contributed by atoms with Gasteiger partial charge in [0.15, 0.2) is 0 Å². The van der Waals surface area contributed by atoms with Gasteiger partial charge in [-0.3, -0.25) is 0 Å². The van der Waals surface area contributed by atoms with Crippen molar-refractivity contribution in [2.45, 2.75) is 0 Å². The van der Waals surface area contributed by atoms with Crippen LogP contribution in [-0.4, -0.2) is 46.4 Å². The van der Waals surface area contributed by atoms with Crippen LogP contribution in [0, 0.1) is 0 Å². The summed E-state index contributed by atoms with van der Waals surface area (Å²) in [5.41, 5.74) is 0. The molecule has 0 aromatic heterocycles. The van der Waals surface area contributed by atoms with E-state index in [-0.39, 0.29) is 27.3 Å². The van der Waals surface area contributed by atoms with Gasteiger partial charge in [0.25, 0.3) is 0 Å². The standard InChI is InChI=1S/C2H7O3P.Pb.2H/c1-4-6(3)5-2;;;/h3H,1-2H3;;;. The molecule has 1 N–H and O–H groups in total. The maximum absolute atomic E-state index is 8.29. The Bertz CT molecular complexity index is 32.1. The molecule has 0 aliphatic carbocycles. The van der Waals surface area contributed by atoms with Crippen molar-refractivity contribution in [3.63, 3.8) is 0 Å². The van der Waals surface area contributed by atoms with Crippen LogP contribution in [0.5, 0.6) is 0 Å². The summed E-state index contributed by atoms with van der Waals surface area (Å²) in [6.07, 6.45) is 0. The van der Waals surface area contributed by atoms with Crippen molar-refractivity contribution in [1.29, 1.82) is 0 Å². The van der Waals surface area contributed by atoms with Gasteiger partial charge >= 0.3 is 35.9 Å². The third-order valence-corrected chi connectivity index (χ3v) is 0.937. The summed E-state index contributed by atoms with van der Waals surface area (Å²) in [5.74, 6) is 0. The summed E-state index contributed by atoms with van der Waals surface area (Å²) in [7, 11) is 1.19. The van der Waals surface area contributed by atoms with E-state index >= 15 is 0 Å². The van der Waals surface area contributed by atoms with Gasteiger partial charge in [-0.15, -0.1) is 0 Å². The van der Waals surface area contributed by atoms with Crippen molar-refractivity contribution in [1.82, 2.24) is 0 Å². The van der Waals surface area contributed by atoms with E-state index in [1.54, 1.807) is 0 Å². The Kier molecular flexibility index (Phi) is 11.5. The molecule has 7 heavy (non-hydrogen) atoms. The maximum atomic E-state index is 8.29. The van der Waals surface area contributed by atoms with Gasteiger partial charge in [-0.25, -0.2) is 0 Å². The Hall–Kier alpha value is 1.23. The molecule has 0 aliphatic rings. The Morgan fingerprint density at radius 1 is 1.29 bits per heavy atom. The summed E-state index contributed by atoms with van der Waals surface area (Å²) in [4.78, 5) is 8.29. The van der Waals surface area contributed by atoms with E-state index in [2.05, 4.69) is 9.05 Å². The Labute approximate surface area is 64.2 Å². The molecule has 0 unspecified atom stereocenters. The number of hydrogen-bond acceptors (Lipinski definition) is 3. The molecule has 0 aromatic carbocycles. The molecule has 0 amide bonds. The molecule has 0 fully saturated rings. The Morgan fingerprint density at radius 3 is 1.57 bits per heavy atom. The van der Waals surface area contributed by atoms with Crippen LogP contribution in [0.25, 0.3) is 0 Å². The van der Waals surface area contributed by atoms with Crippen molar-refractivity contribution in [3.05, 3.63) is 0 Å². The normalized spacial score (nSPS) is 8.57. The van der Waals surface area contributed by atoms with Crippen molar-refractivity contribution in [3.8, 4) is 0 Å². The van der Waals surface area contributed by atoms with Crippen molar-refractivity contribution < 1.29 is 13.9 Å². The molecule has 0 rings (SSSR count). The molecule has 3 nitrogen and oxygen atoms in total. The average molecular weight is 319 g/mol. The van der Waals surface area contributed by atoms with E-state index in [0.29, 0.717) is 0 Å². The third-order valence-electron chi connectivity index (χ3n) is 0.312. The van der Waals surface area contributed by atoms with Crippen LogP contribution in [-0.2, 0) is 9.05 Å². The zero-order chi connectivity index (χ0) is 4.99. The summed E-state index contributed by atoms with van der Waals surface area (Å²) in [6, 6.07) is 0. The fourth-order valence-electron chi connectivity index (χ4n) is 0.0745. The van der Waals surface area contributed by atoms with Crippen LogP contribution in [0.15, 0.2) is 0 Å². The van der Waals surface area contributed by atoms with E-state index in [4.69, 9.17) is 4.89 Å². The van der Waals surface area contributed by atoms with Gasteiger partial charge in [-0.2, -0.15) is 0 Å². The average Bonchev–Trinajstić information content (AvgIpc) is 1.65. The molecule has 0 aliphatic heterocycles. The molecule has 0 heterocycles. The second-order valence-electron chi connectivity index (χ2n) is 0.603. The van der Waals surface area contributed by atoms with Gasteiger partial charge in [0, 0.05) is 14.2 Å². The second-order valence-corrected chi connectivity index (χ2v) is 1.81. The molecule has 0 aromatic rings. The second kappa shape index (κ2) is 7.23. The molecule has 0 spiro atoms. The van der Waals surface area contributed by atoms with E-state index in [0.717, 1.165) is 0 Å². The molecular formula is C2H9O3PPb. The molecule has 44 valence electrons. The Morgan fingerprint density at radius 2 is 1.57 bits per heavy atom. The molecule has 0 saturated carbocycles. The van der Waals surface area contributed by atoms with Gasteiger partial charge in [-0.1, -0.05) is 0 Å². The number of hydrogen-bond donors (Lipinski definition) is 1. The zero-order valence-corrected chi connectivity index (χ0v) is 10.8. The molecule has 2 radical (unpaired) electrons. The first-order valence-electron chi connectivity index (χ1n) is 1.38. The molecule has 0 saturated heterocycles. The Balaban J connectivity index is 0. The summed E-state index contributed by atoms with van der Waals surface area (Å²) < 4.78 is 8.59. The monoisotopic (exact) mass is 320 g/mol. The minimum atomic E-state index is -1.58. The summed E-state index contributed by atoms with van der Waals surface area (Å²) in [5, 5.41) is 0. The van der Waals surface area contributed by atoms with Crippen LogP contribution >= 0.6 is 8.60 Å². The van der Waals surface area contributed by atoms with E-state index in [9.17, 15) is 0 Å². The van der Waals surface area contributed by atoms with Gasteiger partial charge in [0.1, 0.15) is 0 Å². The van der Waals surface area contributed by atoms with Crippen LogP contribution in [0.4, 0.5) is 0 Å². The number of rotatable bonds is 2. The summed E-state index contributed by atoms with van der Waals surface area (Å²) in [6.45, 7) is 0. The fourth-order valence-corrected chi connectivity index (χ4v) is 0.224. The minimum absolute atomic E-state index is 0. The molecule has 0 bridgehead atoms. The first-order valence-corrected chi connectivity index (χ1v) is 2.51. The van der Waals surface area contributed by atoms with Crippen LogP contribution < -0.4 is 0 Å². The first kappa shape index (κ1) is 11.1. The zero-order valence-electron chi connectivity index (χ0n) is 4.42. The van der Waals surface area contributed by atoms with E-state index < -0.39 is 8.60 Å². The van der Waals surface area contributed by atoms with Crippen molar-refractivity contribution >= 4 is 35.9 Å². The predicted molar refractivity (Wildman–Crippen MR) is 31.7 cm³/mol. The molecule has 5 heteroatoms. The summed E-state index contributed by atoms with van der Waals surface area (Å²) >= 11 is 0. The molecular weight excluding hydrogens is 310 g/mol. The quantitative estimate of drug-likeness (QED) is 0.555.